The monoisotopic (exact) mass is 352 g/mol. The minimum absolute atomic E-state index is 0.0144. The van der Waals surface area contributed by atoms with Crippen molar-refractivity contribution in [2.24, 2.45) is 0 Å². The first kappa shape index (κ1) is 14.7. The Morgan fingerprint density at radius 2 is 1.96 bits per heavy atom. The molecule has 0 radical (unpaired) electrons. The third kappa shape index (κ3) is 1.93. The van der Waals surface area contributed by atoms with E-state index in [0.717, 1.165) is 46.7 Å². The van der Waals surface area contributed by atoms with Gasteiger partial charge in [0.05, 0.1) is 18.2 Å². The van der Waals surface area contributed by atoms with Gasteiger partial charge in [-0.05, 0) is 56.0 Å². The van der Waals surface area contributed by atoms with Crippen LogP contribution in [-0.2, 0) is 12.8 Å². The number of nitrogens with zero attached hydrogens (tertiary/aromatic N) is 4. The molecule has 0 fully saturated rings. The molecular weight excluding hydrogens is 336 g/mol. The second kappa shape index (κ2) is 5.16. The number of aromatic nitrogens is 4. The summed E-state index contributed by atoms with van der Waals surface area (Å²) in [7, 11) is 1.63. The fraction of sp³-hybridized carbons (Fsp3) is 0.278. The Morgan fingerprint density at radius 1 is 1.16 bits per heavy atom. The molecule has 3 heterocycles. The second-order valence-electron chi connectivity index (χ2n) is 6.26. The number of thiophene rings is 1. The van der Waals surface area contributed by atoms with Crippen LogP contribution in [0.1, 0.15) is 22.7 Å². The molecule has 4 aromatic rings. The van der Waals surface area contributed by atoms with Crippen molar-refractivity contribution in [3.05, 3.63) is 50.9 Å². The summed E-state index contributed by atoms with van der Waals surface area (Å²) in [6.07, 6.45) is 3.15. The number of fused-ring (bicyclic) bond motifs is 5. The summed E-state index contributed by atoms with van der Waals surface area (Å²) >= 11 is 1.71. The van der Waals surface area contributed by atoms with E-state index in [2.05, 4.69) is 10.2 Å². The number of hydrogen-bond acceptors (Lipinski definition) is 5. The fourth-order valence-electron chi connectivity index (χ4n) is 3.67. The van der Waals surface area contributed by atoms with Crippen LogP contribution in [0.5, 0.6) is 5.75 Å². The maximum absolute atomic E-state index is 13.4. The van der Waals surface area contributed by atoms with Crippen molar-refractivity contribution in [1.82, 2.24) is 19.2 Å². The molecule has 0 saturated heterocycles. The van der Waals surface area contributed by atoms with Crippen LogP contribution in [-0.4, -0.2) is 26.3 Å². The number of rotatable bonds is 2. The molecule has 1 aliphatic carbocycles. The average molecular weight is 352 g/mol. The maximum atomic E-state index is 13.4. The molecular formula is C18H16N4O2S. The van der Waals surface area contributed by atoms with Crippen LogP contribution < -0.4 is 10.3 Å². The smallest absolute Gasteiger partial charge is 0.268 e. The lowest BCUT2D eigenvalue weighted by Crippen LogP contribution is -2.21. The Morgan fingerprint density at radius 3 is 2.72 bits per heavy atom. The summed E-state index contributed by atoms with van der Waals surface area (Å²) in [6, 6.07) is 7.46. The van der Waals surface area contributed by atoms with Crippen molar-refractivity contribution in [2.75, 3.05) is 7.11 Å². The first-order chi connectivity index (χ1) is 12.2. The molecule has 6 nitrogen and oxygen atoms in total. The molecule has 1 aromatic carbocycles. The second-order valence-corrected chi connectivity index (χ2v) is 7.34. The maximum Gasteiger partial charge on any atom is 0.268 e. The molecule has 126 valence electrons. The third-order valence-corrected chi connectivity index (χ3v) is 6.14. The zero-order valence-corrected chi connectivity index (χ0v) is 14.8. The Kier molecular flexibility index (Phi) is 3.03. The lowest BCUT2D eigenvalue weighted by atomic mass is 10.2. The molecule has 0 N–H and O–H groups in total. The van der Waals surface area contributed by atoms with Gasteiger partial charge in [0.25, 0.3) is 5.56 Å². The highest BCUT2D eigenvalue weighted by Gasteiger charge is 2.25. The lowest BCUT2D eigenvalue weighted by molar-refractivity contribution is 0.414. The van der Waals surface area contributed by atoms with Crippen molar-refractivity contribution >= 4 is 27.3 Å². The molecule has 1 aliphatic rings. The molecule has 0 unspecified atom stereocenters. The number of ether oxygens (including phenoxy) is 1. The molecule has 25 heavy (non-hydrogen) atoms. The Balaban J connectivity index is 1.94. The number of benzene rings is 1. The van der Waals surface area contributed by atoms with Gasteiger partial charge < -0.3 is 4.74 Å². The van der Waals surface area contributed by atoms with Gasteiger partial charge in [-0.25, -0.2) is 4.57 Å². The van der Waals surface area contributed by atoms with Crippen LogP contribution in [0.2, 0.25) is 0 Å². The summed E-state index contributed by atoms with van der Waals surface area (Å²) in [5, 5.41) is 9.33. The van der Waals surface area contributed by atoms with E-state index in [1.165, 1.54) is 10.4 Å². The molecule has 3 aromatic heterocycles. The van der Waals surface area contributed by atoms with Gasteiger partial charge in [0, 0.05) is 4.88 Å². The molecule has 0 aliphatic heterocycles. The summed E-state index contributed by atoms with van der Waals surface area (Å²) < 4.78 is 8.89. The Labute approximate surface area is 147 Å². The standard InChI is InChI=1S/C18H16N4O2S/c1-10-19-20-18-21(10)17-15(13-4-3-5-14(13)25-17)16(23)22(18)11-6-8-12(24-2)9-7-11/h6-9H,3-5H2,1-2H3. The lowest BCUT2D eigenvalue weighted by Gasteiger charge is -2.10. The van der Waals surface area contributed by atoms with Gasteiger partial charge in [-0.2, -0.15) is 0 Å². The minimum Gasteiger partial charge on any atom is -0.497 e. The van der Waals surface area contributed by atoms with E-state index < -0.39 is 0 Å². The van der Waals surface area contributed by atoms with E-state index in [-0.39, 0.29) is 5.56 Å². The van der Waals surface area contributed by atoms with E-state index in [1.807, 2.05) is 35.6 Å². The Hall–Kier alpha value is -2.67. The predicted molar refractivity (Wildman–Crippen MR) is 97.3 cm³/mol. The van der Waals surface area contributed by atoms with E-state index in [0.29, 0.717) is 5.78 Å². The van der Waals surface area contributed by atoms with Gasteiger partial charge in [0.2, 0.25) is 5.78 Å². The number of aryl methyl sites for hydroxylation is 3. The van der Waals surface area contributed by atoms with Crippen molar-refractivity contribution < 1.29 is 4.74 Å². The zero-order chi connectivity index (χ0) is 17.1. The topological polar surface area (TPSA) is 61.4 Å². The van der Waals surface area contributed by atoms with Crippen molar-refractivity contribution in [3.8, 4) is 11.4 Å². The quantitative estimate of drug-likeness (QED) is 0.556. The normalized spacial score (nSPS) is 13.7. The summed E-state index contributed by atoms with van der Waals surface area (Å²) in [4.78, 5) is 15.7. The van der Waals surface area contributed by atoms with Crippen LogP contribution >= 0.6 is 11.3 Å². The molecule has 0 amide bonds. The molecule has 0 bridgehead atoms. The van der Waals surface area contributed by atoms with Crippen LogP contribution in [0.25, 0.3) is 21.7 Å². The minimum atomic E-state index is -0.0144. The first-order valence-electron chi connectivity index (χ1n) is 8.24. The predicted octanol–water partition coefficient (Wildman–Crippen LogP) is 2.90. The van der Waals surface area contributed by atoms with Crippen LogP contribution in [0.4, 0.5) is 0 Å². The summed E-state index contributed by atoms with van der Waals surface area (Å²) in [5.74, 6) is 2.10. The van der Waals surface area contributed by atoms with E-state index in [9.17, 15) is 4.79 Å². The highest BCUT2D eigenvalue weighted by atomic mass is 32.1. The van der Waals surface area contributed by atoms with E-state index in [4.69, 9.17) is 4.74 Å². The van der Waals surface area contributed by atoms with Gasteiger partial charge in [-0.3, -0.25) is 9.20 Å². The summed E-state index contributed by atoms with van der Waals surface area (Å²) in [5.41, 5.74) is 1.96. The van der Waals surface area contributed by atoms with Gasteiger partial charge in [-0.1, -0.05) is 0 Å². The van der Waals surface area contributed by atoms with Crippen molar-refractivity contribution in [1.29, 1.82) is 0 Å². The zero-order valence-electron chi connectivity index (χ0n) is 13.9. The van der Waals surface area contributed by atoms with Gasteiger partial charge >= 0.3 is 0 Å². The molecule has 7 heteroatoms. The highest BCUT2D eigenvalue weighted by molar-refractivity contribution is 7.19. The van der Waals surface area contributed by atoms with Gasteiger partial charge in [0.15, 0.2) is 0 Å². The van der Waals surface area contributed by atoms with Gasteiger partial charge in [-0.15, -0.1) is 21.5 Å². The van der Waals surface area contributed by atoms with Crippen molar-refractivity contribution in [2.45, 2.75) is 26.2 Å². The van der Waals surface area contributed by atoms with Crippen molar-refractivity contribution in [3.63, 3.8) is 0 Å². The molecule has 0 spiro atoms. The van der Waals surface area contributed by atoms with E-state index >= 15 is 0 Å². The number of hydrogen-bond donors (Lipinski definition) is 0. The highest BCUT2D eigenvalue weighted by Crippen LogP contribution is 2.36. The third-order valence-electron chi connectivity index (χ3n) is 4.86. The van der Waals surface area contributed by atoms with Crippen LogP contribution in [0.15, 0.2) is 29.1 Å². The van der Waals surface area contributed by atoms with Crippen LogP contribution in [0, 0.1) is 6.92 Å². The Bertz CT molecular complexity index is 1180. The molecule has 5 rings (SSSR count). The molecule has 0 atom stereocenters. The fourth-order valence-corrected chi connectivity index (χ4v) is 5.09. The van der Waals surface area contributed by atoms with Crippen LogP contribution in [0.3, 0.4) is 0 Å². The molecule has 0 saturated carbocycles. The summed E-state index contributed by atoms with van der Waals surface area (Å²) in [6.45, 7) is 1.92. The van der Waals surface area contributed by atoms with E-state index in [1.54, 1.807) is 23.0 Å². The average Bonchev–Trinajstić information content (AvgIpc) is 3.30. The van der Waals surface area contributed by atoms with Gasteiger partial charge in [0.1, 0.15) is 16.4 Å². The SMILES string of the molecule is COc1ccc(-n2c(=O)c3c4c(sc3n3c(C)nnc23)CCC4)cc1. The number of methoxy groups -OCH3 is 1. The first-order valence-corrected chi connectivity index (χ1v) is 9.06. The largest absolute Gasteiger partial charge is 0.497 e.